The van der Waals surface area contributed by atoms with E-state index in [4.69, 9.17) is 9.47 Å². The fourth-order valence-electron chi connectivity index (χ4n) is 1.41. The van der Waals surface area contributed by atoms with Crippen LogP contribution in [0, 0.1) is 0 Å². The third-order valence-electron chi connectivity index (χ3n) is 2.16. The van der Waals surface area contributed by atoms with Gasteiger partial charge in [0.1, 0.15) is 0 Å². The lowest BCUT2D eigenvalue weighted by Crippen LogP contribution is -1.92. The molecule has 1 aliphatic heterocycles. The second-order valence-electron chi connectivity index (χ2n) is 3.12. The van der Waals surface area contributed by atoms with E-state index in [2.05, 4.69) is 22.5 Å². The van der Waals surface area contributed by atoms with E-state index in [1.54, 1.807) is 0 Å². The molecule has 0 bridgehead atoms. The minimum atomic E-state index is 0.326. The SMILES string of the molecule is C=CCCc1cc2c(cc1Br)OCO2. The van der Waals surface area contributed by atoms with Crippen LogP contribution in [-0.2, 0) is 6.42 Å². The van der Waals surface area contributed by atoms with E-state index in [0.29, 0.717) is 6.79 Å². The first kappa shape index (κ1) is 9.59. The van der Waals surface area contributed by atoms with Crippen molar-refractivity contribution in [1.29, 1.82) is 0 Å². The molecule has 0 spiro atoms. The van der Waals surface area contributed by atoms with Crippen LogP contribution < -0.4 is 9.47 Å². The summed E-state index contributed by atoms with van der Waals surface area (Å²) in [6.07, 6.45) is 3.86. The van der Waals surface area contributed by atoms with Gasteiger partial charge in [-0.2, -0.15) is 0 Å². The summed E-state index contributed by atoms with van der Waals surface area (Å²) in [6, 6.07) is 3.98. The van der Waals surface area contributed by atoms with Crippen LogP contribution in [0.25, 0.3) is 0 Å². The molecule has 0 atom stereocenters. The predicted octanol–water partition coefficient (Wildman–Crippen LogP) is 3.30. The monoisotopic (exact) mass is 254 g/mol. The number of hydrogen-bond donors (Lipinski definition) is 0. The number of rotatable bonds is 3. The third-order valence-corrected chi connectivity index (χ3v) is 2.90. The van der Waals surface area contributed by atoms with E-state index in [1.807, 2.05) is 18.2 Å². The van der Waals surface area contributed by atoms with Gasteiger partial charge >= 0.3 is 0 Å². The molecule has 0 N–H and O–H groups in total. The molecule has 0 saturated carbocycles. The Balaban J connectivity index is 2.27. The van der Waals surface area contributed by atoms with Crippen molar-refractivity contribution in [2.75, 3.05) is 6.79 Å². The van der Waals surface area contributed by atoms with Gasteiger partial charge in [0.2, 0.25) is 6.79 Å². The van der Waals surface area contributed by atoms with Gasteiger partial charge in [0.25, 0.3) is 0 Å². The molecule has 2 rings (SSSR count). The lowest BCUT2D eigenvalue weighted by Gasteiger charge is -2.04. The standard InChI is InChI=1S/C11H11BrO2/c1-2-3-4-8-5-10-11(6-9(8)12)14-7-13-10/h2,5-6H,1,3-4,7H2. The summed E-state index contributed by atoms with van der Waals surface area (Å²) in [5, 5.41) is 0. The summed E-state index contributed by atoms with van der Waals surface area (Å²) in [5.74, 6) is 1.66. The fraction of sp³-hybridized carbons (Fsp3) is 0.273. The van der Waals surface area contributed by atoms with Crippen molar-refractivity contribution in [3.8, 4) is 11.5 Å². The van der Waals surface area contributed by atoms with Crippen LogP contribution in [0.2, 0.25) is 0 Å². The summed E-state index contributed by atoms with van der Waals surface area (Å²) >= 11 is 3.51. The Labute approximate surface area is 91.7 Å². The molecule has 0 radical (unpaired) electrons. The van der Waals surface area contributed by atoms with Gasteiger partial charge in [-0.25, -0.2) is 0 Å². The van der Waals surface area contributed by atoms with Gasteiger partial charge in [0.05, 0.1) is 0 Å². The predicted molar refractivity (Wildman–Crippen MR) is 58.8 cm³/mol. The summed E-state index contributed by atoms with van der Waals surface area (Å²) < 4.78 is 11.6. The van der Waals surface area contributed by atoms with Crippen molar-refractivity contribution >= 4 is 15.9 Å². The van der Waals surface area contributed by atoms with Crippen LogP contribution in [0.1, 0.15) is 12.0 Å². The molecule has 1 aromatic rings. The lowest BCUT2D eigenvalue weighted by molar-refractivity contribution is 0.174. The Morgan fingerprint density at radius 1 is 1.36 bits per heavy atom. The molecule has 0 fully saturated rings. The number of hydrogen-bond acceptors (Lipinski definition) is 2. The third kappa shape index (κ3) is 1.77. The highest BCUT2D eigenvalue weighted by Crippen LogP contribution is 2.37. The zero-order valence-electron chi connectivity index (χ0n) is 7.75. The maximum absolute atomic E-state index is 5.31. The van der Waals surface area contributed by atoms with E-state index >= 15 is 0 Å². The van der Waals surface area contributed by atoms with Gasteiger partial charge in [-0.1, -0.05) is 22.0 Å². The molecular formula is C11H11BrO2. The van der Waals surface area contributed by atoms with Crippen molar-refractivity contribution in [2.45, 2.75) is 12.8 Å². The van der Waals surface area contributed by atoms with Crippen molar-refractivity contribution in [2.24, 2.45) is 0 Å². The molecule has 2 nitrogen and oxygen atoms in total. The fourth-order valence-corrected chi connectivity index (χ4v) is 1.93. The van der Waals surface area contributed by atoms with Crippen LogP contribution >= 0.6 is 15.9 Å². The smallest absolute Gasteiger partial charge is 0.231 e. The summed E-state index contributed by atoms with van der Waals surface area (Å²) in [4.78, 5) is 0. The van der Waals surface area contributed by atoms with Gasteiger partial charge in [0, 0.05) is 4.47 Å². The second kappa shape index (κ2) is 4.05. The number of ether oxygens (including phenoxy) is 2. The molecular weight excluding hydrogens is 244 g/mol. The highest BCUT2D eigenvalue weighted by Gasteiger charge is 2.15. The number of fused-ring (bicyclic) bond motifs is 1. The summed E-state index contributed by atoms with van der Waals surface area (Å²) in [5.41, 5.74) is 1.23. The molecule has 0 aliphatic carbocycles. The first-order valence-electron chi connectivity index (χ1n) is 4.50. The molecule has 1 heterocycles. The van der Waals surface area contributed by atoms with Gasteiger partial charge in [-0.3, -0.25) is 0 Å². The lowest BCUT2D eigenvalue weighted by atomic mass is 10.1. The average Bonchev–Trinajstić information content (AvgIpc) is 2.61. The zero-order valence-corrected chi connectivity index (χ0v) is 9.34. The maximum Gasteiger partial charge on any atom is 0.231 e. The van der Waals surface area contributed by atoms with E-state index in [1.165, 1.54) is 5.56 Å². The summed E-state index contributed by atoms with van der Waals surface area (Å²) in [6.45, 7) is 4.03. The Bertz CT molecular complexity index is 361. The van der Waals surface area contributed by atoms with Gasteiger partial charge in [-0.15, -0.1) is 6.58 Å². The minimum Gasteiger partial charge on any atom is -0.454 e. The first-order chi connectivity index (χ1) is 6.81. The molecule has 14 heavy (non-hydrogen) atoms. The molecule has 0 saturated heterocycles. The largest absolute Gasteiger partial charge is 0.454 e. The van der Waals surface area contributed by atoms with E-state index in [-0.39, 0.29) is 0 Å². The van der Waals surface area contributed by atoms with Gasteiger partial charge in [-0.05, 0) is 30.5 Å². The van der Waals surface area contributed by atoms with Crippen molar-refractivity contribution < 1.29 is 9.47 Å². The normalized spacial score (nSPS) is 12.9. The number of aryl methyl sites for hydroxylation is 1. The maximum atomic E-state index is 5.31. The molecule has 1 aliphatic rings. The molecule has 3 heteroatoms. The van der Waals surface area contributed by atoms with E-state index in [9.17, 15) is 0 Å². The second-order valence-corrected chi connectivity index (χ2v) is 3.98. The van der Waals surface area contributed by atoms with Crippen LogP contribution in [0.15, 0.2) is 29.3 Å². The quantitative estimate of drug-likeness (QED) is 0.771. The molecule has 0 unspecified atom stereocenters. The van der Waals surface area contributed by atoms with E-state index < -0.39 is 0 Å². The van der Waals surface area contributed by atoms with E-state index in [0.717, 1.165) is 28.8 Å². The van der Waals surface area contributed by atoms with Crippen LogP contribution in [0.5, 0.6) is 11.5 Å². The Kier molecular flexibility index (Phi) is 2.77. The minimum absolute atomic E-state index is 0.326. The Hall–Kier alpha value is -0.960. The topological polar surface area (TPSA) is 18.5 Å². The van der Waals surface area contributed by atoms with Crippen LogP contribution in [0.4, 0.5) is 0 Å². The molecule has 74 valence electrons. The highest BCUT2D eigenvalue weighted by molar-refractivity contribution is 9.10. The van der Waals surface area contributed by atoms with Gasteiger partial charge in [0.15, 0.2) is 11.5 Å². The van der Waals surface area contributed by atoms with Crippen molar-refractivity contribution in [1.82, 2.24) is 0 Å². The number of halogens is 1. The molecule has 1 aromatic carbocycles. The first-order valence-corrected chi connectivity index (χ1v) is 5.29. The Morgan fingerprint density at radius 3 is 2.79 bits per heavy atom. The van der Waals surface area contributed by atoms with Crippen LogP contribution in [-0.4, -0.2) is 6.79 Å². The number of benzene rings is 1. The van der Waals surface area contributed by atoms with Crippen LogP contribution in [0.3, 0.4) is 0 Å². The van der Waals surface area contributed by atoms with Gasteiger partial charge < -0.3 is 9.47 Å². The zero-order chi connectivity index (χ0) is 9.97. The molecule has 0 aromatic heterocycles. The summed E-state index contributed by atoms with van der Waals surface area (Å²) in [7, 11) is 0. The molecule has 0 amide bonds. The number of allylic oxidation sites excluding steroid dienone is 1. The highest BCUT2D eigenvalue weighted by atomic mass is 79.9. The van der Waals surface area contributed by atoms with Crippen molar-refractivity contribution in [3.63, 3.8) is 0 Å². The Morgan fingerprint density at radius 2 is 2.07 bits per heavy atom. The average molecular weight is 255 g/mol. The van der Waals surface area contributed by atoms with Crippen molar-refractivity contribution in [3.05, 3.63) is 34.8 Å².